The monoisotopic (exact) mass is 329 g/mol. The van der Waals surface area contributed by atoms with Gasteiger partial charge in [-0.3, -0.25) is 15.1 Å². The quantitative estimate of drug-likeness (QED) is 0.635. The van der Waals surface area contributed by atoms with Gasteiger partial charge in [0.25, 0.3) is 5.88 Å². The van der Waals surface area contributed by atoms with Crippen LogP contribution in [0.25, 0.3) is 0 Å². The molecule has 0 aliphatic rings. The Morgan fingerprint density at radius 1 is 1.33 bits per heavy atom. The number of nitrogens with zero attached hydrogens (tertiary/aromatic N) is 3. The third kappa shape index (κ3) is 2.93. The fourth-order valence-corrected chi connectivity index (χ4v) is 1.67. The lowest BCUT2D eigenvalue weighted by atomic mass is 10.4. The molecule has 92 valence electrons. The fourth-order valence-electron chi connectivity index (χ4n) is 1.19. The van der Waals surface area contributed by atoms with Crippen LogP contribution < -0.4 is 4.74 Å². The van der Waals surface area contributed by atoms with Crippen LogP contribution in [-0.2, 0) is 0 Å². The Morgan fingerprint density at radius 2 is 2.11 bits per heavy atom. The number of aromatic nitrogens is 2. The van der Waals surface area contributed by atoms with Crippen LogP contribution in [0.1, 0.15) is 0 Å². The summed E-state index contributed by atoms with van der Waals surface area (Å²) in [5, 5.41) is 11.2. The van der Waals surface area contributed by atoms with Crippen molar-refractivity contribution in [3.63, 3.8) is 0 Å². The number of ether oxygens (including phenoxy) is 1. The Balaban J connectivity index is 2.37. The lowest BCUT2D eigenvalue weighted by Gasteiger charge is -2.05. The number of rotatable bonds is 3. The largest absolute Gasteiger partial charge is 0.432 e. The van der Waals surface area contributed by atoms with E-state index in [1.54, 1.807) is 0 Å². The summed E-state index contributed by atoms with van der Waals surface area (Å²) in [5.41, 5.74) is -0.246. The van der Waals surface area contributed by atoms with Gasteiger partial charge in [-0.2, -0.15) is 0 Å². The molecule has 0 saturated carbocycles. The van der Waals surface area contributed by atoms with E-state index in [1.807, 2.05) is 0 Å². The van der Waals surface area contributed by atoms with Crippen molar-refractivity contribution in [1.82, 2.24) is 9.97 Å². The van der Waals surface area contributed by atoms with Gasteiger partial charge in [0.2, 0.25) is 0 Å². The first-order valence-electron chi connectivity index (χ1n) is 4.64. The molecule has 0 spiro atoms. The molecule has 2 heterocycles. The number of halogens is 2. The zero-order valence-electron chi connectivity index (χ0n) is 8.71. The van der Waals surface area contributed by atoms with Crippen LogP contribution in [0.4, 0.5) is 5.69 Å². The molecular formula is C10H5BrClN3O3. The molecule has 8 heteroatoms. The number of hydrogen-bond donors (Lipinski definition) is 0. The maximum atomic E-state index is 10.9. The van der Waals surface area contributed by atoms with Crippen LogP contribution in [0, 0.1) is 10.1 Å². The SMILES string of the molecule is O=[N+]([O-])c1cc(Br)cnc1Oc1cncc(Cl)c1. The molecular weight excluding hydrogens is 325 g/mol. The molecule has 2 aromatic rings. The van der Waals surface area contributed by atoms with Crippen molar-refractivity contribution >= 4 is 33.2 Å². The standard InChI is InChI=1S/C10H5BrClN3O3/c11-6-1-9(15(16)17)10(14-3-6)18-8-2-7(12)4-13-5-8/h1-5H. The Bertz CT molecular complexity index is 609. The summed E-state index contributed by atoms with van der Waals surface area (Å²) in [6, 6.07) is 2.79. The molecule has 0 aliphatic carbocycles. The topological polar surface area (TPSA) is 78.2 Å². The van der Waals surface area contributed by atoms with Crippen molar-refractivity contribution in [3.8, 4) is 11.6 Å². The van der Waals surface area contributed by atoms with E-state index < -0.39 is 4.92 Å². The third-order valence-electron chi connectivity index (χ3n) is 1.89. The second-order valence-corrected chi connectivity index (χ2v) is 4.53. The summed E-state index contributed by atoms with van der Waals surface area (Å²) >= 11 is 8.84. The second kappa shape index (κ2) is 5.28. The van der Waals surface area contributed by atoms with Gasteiger partial charge in [0.05, 0.1) is 16.1 Å². The van der Waals surface area contributed by atoms with Crippen LogP contribution in [0.2, 0.25) is 5.02 Å². The minimum Gasteiger partial charge on any atom is -0.432 e. The van der Waals surface area contributed by atoms with Gasteiger partial charge in [0.1, 0.15) is 5.75 Å². The van der Waals surface area contributed by atoms with E-state index >= 15 is 0 Å². The summed E-state index contributed by atoms with van der Waals surface area (Å²) in [5.74, 6) is 0.160. The number of hydrogen-bond acceptors (Lipinski definition) is 5. The van der Waals surface area contributed by atoms with Crippen molar-refractivity contribution in [2.24, 2.45) is 0 Å². The number of nitro groups is 1. The first-order valence-corrected chi connectivity index (χ1v) is 5.81. The highest BCUT2D eigenvalue weighted by molar-refractivity contribution is 9.10. The normalized spacial score (nSPS) is 10.1. The molecule has 0 bridgehead atoms. The van der Waals surface area contributed by atoms with Gasteiger partial charge < -0.3 is 4.74 Å². The Labute approximate surface area is 115 Å². The molecule has 0 N–H and O–H groups in total. The smallest absolute Gasteiger partial charge is 0.332 e. The molecule has 6 nitrogen and oxygen atoms in total. The highest BCUT2D eigenvalue weighted by Crippen LogP contribution is 2.31. The van der Waals surface area contributed by atoms with Gasteiger partial charge in [-0.25, -0.2) is 4.98 Å². The lowest BCUT2D eigenvalue weighted by molar-refractivity contribution is -0.386. The fraction of sp³-hybridized carbons (Fsp3) is 0. The minimum atomic E-state index is -0.578. The molecule has 0 aromatic carbocycles. The maximum Gasteiger partial charge on any atom is 0.332 e. The van der Waals surface area contributed by atoms with E-state index in [4.69, 9.17) is 16.3 Å². The van der Waals surface area contributed by atoms with Gasteiger partial charge in [-0.05, 0) is 15.9 Å². The average molecular weight is 331 g/mol. The Morgan fingerprint density at radius 3 is 2.78 bits per heavy atom. The van der Waals surface area contributed by atoms with E-state index in [1.165, 1.54) is 30.7 Å². The van der Waals surface area contributed by atoms with E-state index in [0.717, 1.165) is 0 Å². The van der Waals surface area contributed by atoms with E-state index in [-0.39, 0.29) is 17.3 Å². The van der Waals surface area contributed by atoms with Crippen LogP contribution in [0.15, 0.2) is 35.2 Å². The highest BCUT2D eigenvalue weighted by atomic mass is 79.9. The molecule has 0 radical (unpaired) electrons. The summed E-state index contributed by atoms with van der Waals surface area (Å²) in [4.78, 5) is 17.9. The van der Waals surface area contributed by atoms with Crippen molar-refractivity contribution in [3.05, 3.63) is 50.3 Å². The summed E-state index contributed by atoms with van der Waals surface area (Å²) < 4.78 is 5.78. The van der Waals surface area contributed by atoms with Gasteiger partial charge in [-0.15, -0.1) is 0 Å². The van der Waals surface area contributed by atoms with Crippen molar-refractivity contribution in [1.29, 1.82) is 0 Å². The molecule has 18 heavy (non-hydrogen) atoms. The first kappa shape index (κ1) is 12.7. The maximum absolute atomic E-state index is 10.9. The van der Waals surface area contributed by atoms with Crippen molar-refractivity contribution < 1.29 is 9.66 Å². The summed E-state index contributed by atoms with van der Waals surface area (Å²) in [7, 11) is 0. The molecule has 0 fully saturated rings. The van der Waals surface area contributed by atoms with Gasteiger partial charge >= 0.3 is 5.69 Å². The van der Waals surface area contributed by atoms with Crippen LogP contribution in [-0.4, -0.2) is 14.9 Å². The van der Waals surface area contributed by atoms with Gasteiger partial charge in [0.15, 0.2) is 0 Å². The van der Waals surface area contributed by atoms with E-state index in [2.05, 4.69) is 25.9 Å². The van der Waals surface area contributed by atoms with Gasteiger partial charge in [-0.1, -0.05) is 11.6 Å². The molecule has 0 unspecified atom stereocenters. The second-order valence-electron chi connectivity index (χ2n) is 3.18. The first-order chi connectivity index (χ1) is 8.56. The lowest BCUT2D eigenvalue weighted by Crippen LogP contribution is -1.96. The predicted octanol–water partition coefficient (Wildman–Crippen LogP) is 3.59. The van der Waals surface area contributed by atoms with E-state index in [0.29, 0.717) is 9.50 Å². The zero-order valence-corrected chi connectivity index (χ0v) is 11.1. The summed E-state index contributed by atoms with van der Waals surface area (Å²) in [6.45, 7) is 0. The average Bonchev–Trinajstić information content (AvgIpc) is 2.31. The van der Waals surface area contributed by atoms with Gasteiger partial charge in [0, 0.05) is 29.0 Å². The Hall–Kier alpha value is -1.73. The zero-order chi connectivity index (χ0) is 13.1. The highest BCUT2D eigenvalue weighted by Gasteiger charge is 2.18. The Kier molecular flexibility index (Phi) is 3.73. The minimum absolute atomic E-state index is 0.118. The van der Waals surface area contributed by atoms with Crippen molar-refractivity contribution in [2.75, 3.05) is 0 Å². The van der Waals surface area contributed by atoms with E-state index in [9.17, 15) is 10.1 Å². The molecule has 0 atom stereocenters. The third-order valence-corrected chi connectivity index (χ3v) is 2.53. The number of pyridine rings is 2. The van der Waals surface area contributed by atoms with Crippen LogP contribution >= 0.6 is 27.5 Å². The molecule has 0 saturated heterocycles. The van der Waals surface area contributed by atoms with Crippen LogP contribution in [0.5, 0.6) is 11.6 Å². The molecule has 2 rings (SSSR count). The predicted molar refractivity (Wildman–Crippen MR) is 67.9 cm³/mol. The molecule has 0 aliphatic heterocycles. The molecule has 0 amide bonds. The van der Waals surface area contributed by atoms with Crippen molar-refractivity contribution in [2.45, 2.75) is 0 Å². The molecule has 2 aromatic heterocycles. The van der Waals surface area contributed by atoms with Crippen LogP contribution in [0.3, 0.4) is 0 Å². The summed E-state index contributed by atoms with van der Waals surface area (Å²) in [6.07, 6.45) is 4.22.